The van der Waals surface area contributed by atoms with Crippen LogP contribution < -0.4 is 5.32 Å². The van der Waals surface area contributed by atoms with Gasteiger partial charge >= 0.3 is 0 Å². The Morgan fingerprint density at radius 2 is 1.90 bits per heavy atom. The number of nitrogens with one attached hydrogen (secondary N) is 1. The Hall–Kier alpha value is -2.63. The van der Waals surface area contributed by atoms with E-state index in [1.807, 2.05) is 41.0 Å². The smallest absolute Gasteiger partial charge is 0.223 e. The van der Waals surface area contributed by atoms with Gasteiger partial charge in [-0.25, -0.2) is 0 Å². The SMILES string of the molecule is Cn1ncc2c1CCCC2NC(=O)C1CCN(C(=O)CCc2ccccc2)CC1. The van der Waals surface area contributed by atoms with E-state index in [-0.39, 0.29) is 23.8 Å². The van der Waals surface area contributed by atoms with Gasteiger partial charge in [0.15, 0.2) is 0 Å². The standard InChI is InChI=1S/C23H30N4O2/c1-26-21-9-5-8-20(19(21)16-24-26)25-23(29)18-12-14-27(15-13-18)22(28)11-10-17-6-3-2-4-7-17/h2-4,6-7,16,18,20H,5,8-15H2,1H3,(H,25,29). The van der Waals surface area contributed by atoms with Crippen LogP contribution >= 0.6 is 0 Å². The molecule has 1 N–H and O–H groups in total. The fourth-order valence-corrected chi connectivity index (χ4v) is 4.59. The molecule has 1 unspecified atom stereocenters. The van der Waals surface area contributed by atoms with Crippen molar-refractivity contribution in [2.75, 3.05) is 13.1 Å². The molecule has 1 aliphatic carbocycles. The molecule has 6 heteroatoms. The number of carbonyl (C=O) groups is 2. The van der Waals surface area contributed by atoms with Crippen LogP contribution in [0.4, 0.5) is 0 Å². The highest BCUT2D eigenvalue weighted by molar-refractivity contribution is 5.80. The summed E-state index contributed by atoms with van der Waals surface area (Å²) in [6.45, 7) is 1.35. The van der Waals surface area contributed by atoms with Gasteiger partial charge in [0.1, 0.15) is 0 Å². The molecule has 6 nitrogen and oxygen atoms in total. The lowest BCUT2D eigenvalue weighted by Crippen LogP contribution is -2.44. The molecule has 1 aliphatic heterocycles. The van der Waals surface area contributed by atoms with Gasteiger partial charge in [-0.2, -0.15) is 5.10 Å². The molecule has 4 rings (SSSR count). The zero-order chi connectivity index (χ0) is 20.2. The molecule has 1 saturated heterocycles. The Morgan fingerprint density at radius 1 is 1.14 bits per heavy atom. The number of nitrogens with zero attached hydrogens (tertiary/aromatic N) is 3. The minimum Gasteiger partial charge on any atom is -0.349 e. The van der Waals surface area contributed by atoms with Gasteiger partial charge in [-0.05, 0) is 44.1 Å². The monoisotopic (exact) mass is 394 g/mol. The van der Waals surface area contributed by atoms with Crippen LogP contribution in [0.5, 0.6) is 0 Å². The number of rotatable bonds is 5. The molecular formula is C23H30N4O2. The minimum atomic E-state index is -0.00442. The highest BCUT2D eigenvalue weighted by Gasteiger charge is 2.30. The number of likely N-dealkylation sites (tertiary alicyclic amines) is 1. The van der Waals surface area contributed by atoms with Crippen molar-refractivity contribution in [3.05, 3.63) is 53.3 Å². The molecule has 29 heavy (non-hydrogen) atoms. The van der Waals surface area contributed by atoms with Crippen molar-refractivity contribution in [3.63, 3.8) is 0 Å². The molecule has 2 amide bonds. The quantitative estimate of drug-likeness (QED) is 0.848. The van der Waals surface area contributed by atoms with Crippen LogP contribution in [0.25, 0.3) is 0 Å². The summed E-state index contributed by atoms with van der Waals surface area (Å²) in [5.41, 5.74) is 3.60. The third kappa shape index (κ3) is 4.52. The third-order valence-electron chi connectivity index (χ3n) is 6.38. The molecule has 1 aromatic heterocycles. The summed E-state index contributed by atoms with van der Waals surface area (Å²) in [6, 6.07) is 10.2. The molecule has 2 heterocycles. The van der Waals surface area contributed by atoms with Gasteiger partial charge in [0.05, 0.1) is 12.2 Å². The zero-order valence-corrected chi connectivity index (χ0v) is 17.1. The van der Waals surface area contributed by atoms with Crippen molar-refractivity contribution in [2.24, 2.45) is 13.0 Å². The van der Waals surface area contributed by atoms with Crippen molar-refractivity contribution in [2.45, 2.75) is 51.0 Å². The number of benzene rings is 1. The molecule has 1 aromatic carbocycles. The number of aryl methyl sites for hydroxylation is 2. The normalized spacial score (nSPS) is 19.6. The zero-order valence-electron chi connectivity index (χ0n) is 17.1. The van der Waals surface area contributed by atoms with E-state index in [0.29, 0.717) is 19.5 Å². The van der Waals surface area contributed by atoms with Gasteiger partial charge < -0.3 is 10.2 Å². The average Bonchev–Trinajstić information content (AvgIpc) is 3.15. The first-order valence-electron chi connectivity index (χ1n) is 10.7. The highest BCUT2D eigenvalue weighted by Crippen LogP contribution is 2.30. The van der Waals surface area contributed by atoms with Crippen molar-refractivity contribution in [3.8, 4) is 0 Å². The van der Waals surface area contributed by atoms with Gasteiger partial charge in [-0.1, -0.05) is 30.3 Å². The lowest BCUT2D eigenvalue weighted by Gasteiger charge is -2.33. The summed E-state index contributed by atoms with van der Waals surface area (Å²) in [4.78, 5) is 27.3. The van der Waals surface area contributed by atoms with Crippen LogP contribution in [0.1, 0.15) is 55.0 Å². The molecule has 154 valence electrons. The van der Waals surface area contributed by atoms with Gasteiger partial charge in [-0.3, -0.25) is 14.3 Å². The molecule has 1 fully saturated rings. The van der Waals surface area contributed by atoms with E-state index in [0.717, 1.165) is 38.5 Å². The van der Waals surface area contributed by atoms with Crippen molar-refractivity contribution >= 4 is 11.8 Å². The average molecular weight is 395 g/mol. The molecule has 0 radical (unpaired) electrons. The minimum absolute atomic E-state index is 0.00442. The number of carbonyl (C=O) groups excluding carboxylic acids is 2. The molecular weight excluding hydrogens is 364 g/mol. The maximum absolute atomic E-state index is 12.8. The van der Waals surface area contributed by atoms with Crippen LogP contribution in [0.3, 0.4) is 0 Å². The highest BCUT2D eigenvalue weighted by atomic mass is 16.2. The van der Waals surface area contributed by atoms with E-state index < -0.39 is 0 Å². The van der Waals surface area contributed by atoms with E-state index in [4.69, 9.17) is 0 Å². The van der Waals surface area contributed by atoms with E-state index in [2.05, 4.69) is 22.5 Å². The fourth-order valence-electron chi connectivity index (χ4n) is 4.59. The molecule has 2 aliphatic rings. The summed E-state index contributed by atoms with van der Waals surface area (Å²) in [5, 5.41) is 7.61. The predicted octanol–water partition coefficient (Wildman–Crippen LogP) is 2.79. The maximum atomic E-state index is 12.8. The first-order valence-corrected chi connectivity index (χ1v) is 10.7. The van der Waals surface area contributed by atoms with E-state index in [1.54, 1.807) is 0 Å². The Morgan fingerprint density at radius 3 is 2.66 bits per heavy atom. The summed E-state index contributed by atoms with van der Waals surface area (Å²) < 4.78 is 1.92. The first-order chi connectivity index (χ1) is 14.1. The summed E-state index contributed by atoms with van der Waals surface area (Å²) in [7, 11) is 1.97. The lowest BCUT2D eigenvalue weighted by molar-refractivity contribution is -0.135. The summed E-state index contributed by atoms with van der Waals surface area (Å²) >= 11 is 0. The molecule has 1 atom stereocenters. The number of piperidine rings is 1. The molecule has 2 aromatic rings. The van der Waals surface area contributed by atoms with Gasteiger partial charge in [0.25, 0.3) is 0 Å². The predicted molar refractivity (Wildman–Crippen MR) is 111 cm³/mol. The van der Waals surface area contributed by atoms with Gasteiger partial charge in [0, 0.05) is 43.7 Å². The Labute approximate surface area is 172 Å². The summed E-state index contributed by atoms with van der Waals surface area (Å²) in [5.74, 6) is 0.318. The summed E-state index contributed by atoms with van der Waals surface area (Å²) in [6.07, 6.45) is 7.77. The number of amides is 2. The van der Waals surface area contributed by atoms with Crippen LogP contribution in [-0.2, 0) is 29.5 Å². The second-order valence-corrected chi connectivity index (χ2v) is 8.26. The number of aromatic nitrogens is 2. The number of hydrogen-bond donors (Lipinski definition) is 1. The second-order valence-electron chi connectivity index (χ2n) is 8.26. The Kier molecular flexibility index (Phi) is 5.97. The maximum Gasteiger partial charge on any atom is 0.223 e. The second kappa shape index (κ2) is 8.80. The van der Waals surface area contributed by atoms with E-state index in [9.17, 15) is 9.59 Å². The molecule has 0 spiro atoms. The molecule has 0 saturated carbocycles. The fraction of sp³-hybridized carbons (Fsp3) is 0.522. The third-order valence-corrected chi connectivity index (χ3v) is 6.38. The van der Waals surface area contributed by atoms with E-state index >= 15 is 0 Å². The van der Waals surface area contributed by atoms with Crippen molar-refractivity contribution in [1.29, 1.82) is 0 Å². The van der Waals surface area contributed by atoms with Crippen LogP contribution in [0.2, 0.25) is 0 Å². The van der Waals surface area contributed by atoms with Crippen LogP contribution in [-0.4, -0.2) is 39.6 Å². The van der Waals surface area contributed by atoms with Crippen molar-refractivity contribution in [1.82, 2.24) is 20.0 Å². The van der Waals surface area contributed by atoms with E-state index in [1.165, 1.54) is 16.8 Å². The lowest BCUT2D eigenvalue weighted by atomic mass is 9.91. The van der Waals surface area contributed by atoms with Gasteiger partial charge in [-0.15, -0.1) is 0 Å². The van der Waals surface area contributed by atoms with Crippen LogP contribution in [0.15, 0.2) is 36.5 Å². The number of fused-ring (bicyclic) bond motifs is 1. The number of hydrogen-bond acceptors (Lipinski definition) is 3. The van der Waals surface area contributed by atoms with Crippen molar-refractivity contribution < 1.29 is 9.59 Å². The largest absolute Gasteiger partial charge is 0.349 e. The Bertz CT molecular complexity index is 853. The topological polar surface area (TPSA) is 67.2 Å². The van der Waals surface area contributed by atoms with Gasteiger partial charge in [0.2, 0.25) is 11.8 Å². The molecule has 0 bridgehead atoms. The first kappa shape index (κ1) is 19.7. The Balaban J connectivity index is 1.25. The van der Waals surface area contributed by atoms with Crippen LogP contribution in [0, 0.1) is 5.92 Å².